The largest absolute Gasteiger partial charge is 0.342 e. The van der Waals surface area contributed by atoms with E-state index in [2.05, 4.69) is 55.1 Å². The van der Waals surface area contributed by atoms with E-state index in [9.17, 15) is 0 Å². The van der Waals surface area contributed by atoms with Crippen molar-refractivity contribution in [2.24, 2.45) is 0 Å². The maximum atomic E-state index is 4.67. The highest BCUT2D eigenvalue weighted by Gasteiger charge is 2.06. The zero-order valence-electron chi connectivity index (χ0n) is 11.1. The van der Waals surface area contributed by atoms with Crippen molar-refractivity contribution in [3.8, 4) is 0 Å². The summed E-state index contributed by atoms with van der Waals surface area (Å²) in [5.74, 6) is 1.07. The van der Waals surface area contributed by atoms with Gasteiger partial charge in [0.05, 0.1) is 11.0 Å². The number of rotatable bonds is 4. The third-order valence-electron chi connectivity index (χ3n) is 3.14. The van der Waals surface area contributed by atoms with E-state index in [4.69, 9.17) is 0 Å². The first-order valence-corrected chi connectivity index (χ1v) is 6.26. The van der Waals surface area contributed by atoms with Gasteiger partial charge in [0.2, 0.25) is 0 Å². The number of fused-ring (bicyclic) bond motifs is 1. The molecule has 0 saturated heterocycles. The van der Waals surface area contributed by atoms with Crippen molar-refractivity contribution in [2.45, 2.75) is 40.2 Å². The van der Waals surface area contributed by atoms with E-state index in [0.717, 1.165) is 29.8 Å². The molecule has 17 heavy (non-hydrogen) atoms. The van der Waals surface area contributed by atoms with Crippen molar-refractivity contribution >= 4 is 11.0 Å². The number of aromatic nitrogens is 2. The topological polar surface area (TPSA) is 40.7 Å². The number of benzene rings is 1. The second-order valence-electron chi connectivity index (χ2n) is 4.95. The van der Waals surface area contributed by atoms with Gasteiger partial charge in [-0.15, -0.1) is 0 Å². The zero-order valence-corrected chi connectivity index (χ0v) is 11.1. The van der Waals surface area contributed by atoms with E-state index >= 15 is 0 Å². The molecule has 92 valence electrons. The summed E-state index contributed by atoms with van der Waals surface area (Å²) >= 11 is 0. The maximum absolute atomic E-state index is 4.67. The Labute approximate surface area is 103 Å². The maximum Gasteiger partial charge on any atom is 0.108 e. The summed E-state index contributed by atoms with van der Waals surface area (Å²) in [6.07, 6.45) is 0.950. The molecule has 1 heterocycles. The van der Waals surface area contributed by atoms with E-state index in [-0.39, 0.29) is 0 Å². The molecule has 2 rings (SSSR count). The molecule has 3 nitrogen and oxygen atoms in total. The van der Waals surface area contributed by atoms with Crippen LogP contribution in [0.4, 0.5) is 0 Å². The Hall–Kier alpha value is -1.35. The molecule has 0 aliphatic heterocycles. The Balaban J connectivity index is 2.17. The molecule has 2 aromatic rings. The molecule has 0 bridgehead atoms. The van der Waals surface area contributed by atoms with Crippen molar-refractivity contribution in [2.75, 3.05) is 6.54 Å². The number of aryl methyl sites for hydroxylation is 2. The number of H-pyrrole nitrogens is 1. The molecule has 0 spiro atoms. The fourth-order valence-corrected chi connectivity index (χ4v) is 1.96. The van der Waals surface area contributed by atoms with Crippen LogP contribution < -0.4 is 5.32 Å². The van der Waals surface area contributed by atoms with Gasteiger partial charge in [0.15, 0.2) is 0 Å². The van der Waals surface area contributed by atoms with Gasteiger partial charge in [-0.2, -0.15) is 0 Å². The van der Waals surface area contributed by atoms with Gasteiger partial charge in [0.25, 0.3) is 0 Å². The molecule has 1 aromatic carbocycles. The van der Waals surface area contributed by atoms with Crippen LogP contribution >= 0.6 is 0 Å². The Morgan fingerprint density at radius 2 is 2.06 bits per heavy atom. The summed E-state index contributed by atoms with van der Waals surface area (Å²) in [5, 5.41) is 3.40. The van der Waals surface area contributed by atoms with E-state index in [1.165, 1.54) is 11.1 Å². The molecule has 0 unspecified atom stereocenters. The summed E-state index contributed by atoms with van der Waals surface area (Å²) in [5.41, 5.74) is 4.84. The fourth-order valence-electron chi connectivity index (χ4n) is 1.96. The van der Waals surface area contributed by atoms with Gasteiger partial charge in [-0.25, -0.2) is 4.98 Å². The van der Waals surface area contributed by atoms with E-state index < -0.39 is 0 Å². The first-order valence-electron chi connectivity index (χ1n) is 6.26. The SMILES string of the molecule is Cc1ccc2[nH]c(CCNC(C)C)nc2c1C. The lowest BCUT2D eigenvalue weighted by Gasteiger charge is -2.05. The summed E-state index contributed by atoms with van der Waals surface area (Å²) in [6, 6.07) is 4.79. The minimum Gasteiger partial charge on any atom is -0.342 e. The number of nitrogens with zero attached hydrogens (tertiary/aromatic N) is 1. The molecule has 0 aliphatic carbocycles. The Morgan fingerprint density at radius 3 is 2.76 bits per heavy atom. The van der Waals surface area contributed by atoms with Crippen molar-refractivity contribution in [1.82, 2.24) is 15.3 Å². The lowest BCUT2D eigenvalue weighted by molar-refractivity contribution is 0.585. The first-order chi connectivity index (χ1) is 8.08. The second-order valence-corrected chi connectivity index (χ2v) is 4.95. The van der Waals surface area contributed by atoms with E-state index in [0.29, 0.717) is 6.04 Å². The lowest BCUT2D eigenvalue weighted by Crippen LogP contribution is -2.25. The van der Waals surface area contributed by atoms with Crippen LogP contribution in [0.2, 0.25) is 0 Å². The molecular formula is C14H21N3. The third kappa shape index (κ3) is 2.67. The third-order valence-corrected chi connectivity index (χ3v) is 3.14. The van der Waals surface area contributed by atoms with Gasteiger partial charge in [0, 0.05) is 19.0 Å². The van der Waals surface area contributed by atoms with Gasteiger partial charge >= 0.3 is 0 Å². The van der Waals surface area contributed by atoms with Crippen LogP contribution in [-0.4, -0.2) is 22.6 Å². The molecule has 2 N–H and O–H groups in total. The Morgan fingerprint density at radius 1 is 1.29 bits per heavy atom. The highest BCUT2D eigenvalue weighted by atomic mass is 14.9. The molecule has 0 radical (unpaired) electrons. The second kappa shape index (κ2) is 4.88. The summed E-state index contributed by atoms with van der Waals surface area (Å²) in [4.78, 5) is 8.06. The van der Waals surface area contributed by atoms with Crippen molar-refractivity contribution in [1.29, 1.82) is 0 Å². The summed E-state index contributed by atoms with van der Waals surface area (Å²) in [7, 11) is 0. The van der Waals surface area contributed by atoms with E-state index in [1.54, 1.807) is 0 Å². The predicted molar refractivity (Wildman–Crippen MR) is 72.4 cm³/mol. The zero-order chi connectivity index (χ0) is 12.4. The van der Waals surface area contributed by atoms with Gasteiger partial charge in [-0.3, -0.25) is 0 Å². The minimum atomic E-state index is 0.531. The smallest absolute Gasteiger partial charge is 0.108 e. The van der Waals surface area contributed by atoms with Crippen molar-refractivity contribution in [3.63, 3.8) is 0 Å². The predicted octanol–water partition coefficient (Wildman–Crippen LogP) is 2.72. The standard InChI is InChI=1S/C14H21N3/c1-9(2)15-8-7-13-16-12-6-5-10(3)11(4)14(12)17-13/h5-6,9,15H,7-8H2,1-4H3,(H,16,17). The minimum absolute atomic E-state index is 0.531. The highest BCUT2D eigenvalue weighted by molar-refractivity contribution is 5.79. The van der Waals surface area contributed by atoms with Crippen LogP contribution in [0.25, 0.3) is 11.0 Å². The average molecular weight is 231 g/mol. The van der Waals surface area contributed by atoms with Gasteiger partial charge in [-0.1, -0.05) is 19.9 Å². The van der Waals surface area contributed by atoms with Crippen LogP contribution in [0, 0.1) is 13.8 Å². The molecule has 0 fully saturated rings. The number of nitrogens with one attached hydrogen (secondary N) is 2. The summed E-state index contributed by atoms with van der Waals surface area (Å²) < 4.78 is 0. The highest BCUT2D eigenvalue weighted by Crippen LogP contribution is 2.19. The Bertz CT molecular complexity index is 511. The van der Waals surface area contributed by atoms with E-state index in [1.807, 2.05) is 0 Å². The number of hydrogen-bond donors (Lipinski definition) is 2. The average Bonchev–Trinajstić information content (AvgIpc) is 2.67. The molecule has 0 saturated carbocycles. The van der Waals surface area contributed by atoms with Gasteiger partial charge < -0.3 is 10.3 Å². The van der Waals surface area contributed by atoms with Crippen LogP contribution in [0.5, 0.6) is 0 Å². The molecule has 0 amide bonds. The monoisotopic (exact) mass is 231 g/mol. The normalized spacial score (nSPS) is 11.6. The van der Waals surface area contributed by atoms with Gasteiger partial charge in [0.1, 0.15) is 5.82 Å². The number of aromatic amines is 1. The van der Waals surface area contributed by atoms with Crippen LogP contribution in [0.15, 0.2) is 12.1 Å². The molecule has 1 aromatic heterocycles. The van der Waals surface area contributed by atoms with Crippen LogP contribution in [-0.2, 0) is 6.42 Å². The van der Waals surface area contributed by atoms with Crippen molar-refractivity contribution < 1.29 is 0 Å². The van der Waals surface area contributed by atoms with Crippen molar-refractivity contribution in [3.05, 3.63) is 29.1 Å². The molecule has 0 atom stereocenters. The van der Waals surface area contributed by atoms with Crippen LogP contribution in [0.3, 0.4) is 0 Å². The quantitative estimate of drug-likeness (QED) is 0.849. The number of imidazole rings is 1. The van der Waals surface area contributed by atoms with Gasteiger partial charge in [-0.05, 0) is 31.0 Å². The number of hydrogen-bond acceptors (Lipinski definition) is 2. The molecule has 0 aliphatic rings. The molecular weight excluding hydrogens is 210 g/mol. The summed E-state index contributed by atoms with van der Waals surface area (Å²) in [6.45, 7) is 9.55. The fraction of sp³-hybridized carbons (Fsp3) is 0.500. The lowest BCUT2D eigenvalue weighted by atomic mass is 10.1. The first kappa shape index (κ1) is 12.1. The molecule has 3 heteroatoms. The van der Waals surface area contributed by atoms with Crippen LogP contribution in [0.1, 0.15) is 30.8 Å². The Kier molecular flexibility index (Phi) is 3.48.